The molecule has 2 aliphatic rings. The van der Waals surface area contributed by atoms with Gasteiger partial charge in [-0.3, -0.25) is 4.90 Å². The minimum atomic E-state index is 0.756. The Morgan fingerprint density at radius 1 is 1.17 bits per heavy atom. The van der Waals surface area contributed by atoms with Crippen LogP contribution < -0.4 is 5.32 Å². The van der Waals surface area contributed by atoms with Crippen molar-refractivity contribution in [3.63, 3.8) is 0 Å². The smallest absolute Gasteiger partial charge is 0.0594 e. The highest BCUT2D eigenvalue weighted by molar-refractivity contribution is 4.78. The van der Waals surface area contributed by atoms with E-state index in [2.05, 4.69) is 17.1 Å². The van der Waals surface area contributed by atoms with Crippen LogP contribution in [0.15, 0.2) is 0 Å². The van der Waals surface area contributed by atoms with Crippen molar-refractivity contribution in [1.29, 1.82) is 0 Å². The van der Waals surface area contributed by atoms with Crippen LogP contribution in [0.3, 0.4) is 0 Å². The third-order valence-corrected chi connectivity index (χ3v) is 4.60. The third kappa shape index (κ3) is 4.52. The Hall–Kier alpha value is -0.120. The molecule has 0 aromatic heterocycles. The number of rotatable bonds is 6. The van der Waals surface area contributed by atoms with Crippen molar-refractivity contribution in [2.24, 2.45) is 5.92 Å². The number of hydrogen-bond acceptors (Lipinski definition) is 3. The fourth-order valence-electron chi connectivity index (χ4n) is 3.41. The van der Waals surface area contributed by atoms with Gasteiger partial charge in [-0.1, -0.05) is 26.2 Å². The van der Waals surface area contributed by atoms with Gasteiger partial charge in [-0.25, -0.2) is 0 Å². The largest absolute Gasteiger partial charge is 0.379 e. The Balaban J connectivity index is 1.63. The Labute approximate surface area is 112 Å². The lowest BCUT2D eigenvalue weighted by Crippen LogP contribution is -2.44. The molecule has 0 bridgehead atoms. The van der Waals surface area contributed by atoms with Crippen molar-refractivity contribution < 1.29 is 4.74 Å². The first kappa shape index (κ1) is 14.3. The summed E-state index contributed by atoms with van der Waals surface area (Å²) in [4.78, 5) is 2.52. The van der Waals surface area contributed by atoms with E-state index in [0.717, 1.165) is 44.8 Å². The van der Waals surface area contributed by atoms with Crippen LogP contribution in [0.5, 0.6) is 0 Å². The van der Waals surface area contributed by atoms with Gasteiger partial charge in [-0.2, -0.15) is 0 Å². The zero-order valence-corrected chi connectivity index (χ0v) is 12.0. The summed E-state index contributed by atoms with van der Waals surface area (Å²) in [6, 6.07) is 0.756. The fourth-order valence-corrected chi connectivity index (χ4v) is 3.41. The summed E-state index contributed by atoms with van der Waals surface area (Å²) in [5.74, 6) is 0.938. The second-order valence-electron chi connectivity index (χ2n) is 5.82. The van der Waals surface area contributed by atoms with E-state index < -0.39 is 0 Å². The molecule has 0 radical (unpaired) electrons. The molecule has 1 saturated carbocycles. The monoisotopic (exact) mass is 254 g/mol. The summed E-state index contributed by atoms with van der Waals surface area (Å²) in [5.41, 5.74) is 0. The van der Waals surface area contributed by atoms with Crippen LogP contribution in [-0.4, -0.2) is 50.3 Å². The molecule has 0 aromatic carbocycles. The second kappa shape index (κ2) is 8.13. The van der Waals surface area contributed by atoms with E-state index in [9.17, 15) is 0 Å². The highest BCUT2D eigenvalue weighted by Crippen LogP contribution is 2.27. The number of nitrogens with zero attached hydrogens (tertiary/aromatic N) is 1. The van der Waals surface area contributed by atoms with E-state index in [1.165, 1.54) is 45.1 Å². The predicted octanol–water partition coefficient (Wildman–Crippen LogP) is 2.27. The predicted molar refractivity (Wildman–Crippen MR) is 75.9 cm³/mol. The van der Waals surface area contributed by atoms with Crippen LogP contribution in [0, 0.1) is 5.92 Å². The van der Waals surface area contributed by atoms with Crippen molar-refractivity contribution in [3.8, 4) is 0 Å². The molecule has 0 aromatic rings. The summed E-state index contributed by atoms with van der Waals surface area (Å²) >= 11 is 0. The van der Waals surface area contributed by atoms with Gasteiger partial charge in [0.1, 0.15) is 0 Å². The first-order chi connectivity index (χ1) is 8.90. The molecule has 2 fully saturated rings. The maximum atomic E-state index is 5.38. The molecular weight excluding hydrogens is 224 g/mol. The summed E-state index contributed by atoms with van der Waals surface area (Å²) in [5, 5.41) is 3.80. The zero-order valence-electron chi connectivity index (χ0n) is 12.0. The van der Waals surface area contributed by atoms with Crippen molar-refractivity contribution in [1.82, 2.24) is 10.2 Å². The minimum absolute atomic E-state index is 0.756. The standard InChI is InChI=1S/C15H30N2O/c1-2-15(14-6-4-3-5-7-14)16-8-9-17-10-12-18-13-11-17/h14-16H,2-13H2,1H3. The molecule has 1 atom stereocenters. The lowest BCUT2D eigenvalue weighted by Gasteiger charge is -2.32. The molecule has 18 heavy (non-hydrogen) atoms. The van der Waals surface area contributed by atoms with Crippen LogP contribution in [0.2, 0.25) is 0 Å². The summed E-state index contributed by atoms with van der Waals surface area (Å²) in [7, 11) is 0. The highest BCUT2D eigenvalue weighted by Gasteiger charge is 2.21. The van der Waals surface area contributed by atoms with Gasteiger partial charge in [0.15, 0.2) is 0 Å². The summed E-state index contributed by atoms with van der Waals surface area (Å²) in [6.45, 7) is 8.73. The summed E-state index contributed by atoms with van der Waals surface area (Å²) < 4.78 is 5.38. The van der Waals surface area contributed by atoms with E-state index in [1.807, 2.05) is 0 Å². The Morgan fingerprint density at radius 3 is 2.56 bits per heavy atom. The molecule has 2 rings (SSSR count). The van der Waals surface area contributed by atoms with Crippen LogP contribution in [0.25, 0.3) is 0 Å². The molecule has 3 heteroatoms. The normalized spacial score (nSPS) is 25.2. The molecule has 1 aliphatic carbocycles. The van der Waals surface area contributed by atoms with Crippen molar-refractivity contribution in [2.75, 3.05) is 39.4 Å². The molecule has 1 saturated heterocycles. The van der Waals surface area contributed by atoms with E-state index in [0.29, 0.717) is 0 Å². The Kier molecular flexibility index (Phi) is 6.46. The molecule has 1 heterocycles. The molecular formula is C15H30N2O. The van der Waals surface area contributed by atoms with Gasteiger partial charge in [0.2, 0.25) is 0 Å². The molecule has 106 valence electrons. The first-order valence-electron chi connectivity index (χ1n) is 7.93. The van der Waals surface area contributed by atoms with Gasteiger partial charge in [0.05, 0.1) is 13.2 Å². The van der Waals surface area contributed by atoms with Gasteiger partial charge in [-0.05, 0) is 25.2 Å². The van der Waals surface area contributed by atoms with Crippen LogP contribution in [-0.2, 0) is 4.74 Å². The van der Waals surface area contributed by atoms with E-state index in [4.69, 9.17) is 4.74 Å². The number of ether oxygens (including phenoxy) is 1. The molecule has 0 amide bonds. The van der Waals surface area contributed by atoms with Crippen molar-refractivity contribution >= 4 is 0 Å². The van der Waals surface area contributed by atoms with Gasteiger partial charge in [-0.15, -0.1) is 0 Å². The maximum absolute atomic E-state index is 5.38. The number of nitrogens with one attached hydrogen (secondary N) is 1. The van der Waals surface area contributed by atoms with Crippen molar-refractivity contribution in [2.45, 2.75) is 51.5 Å². The van der Waals surface area contributed by atoms with Crippen LogP contribution in [0.1, 0.15) is 45.4 Å². The van der Waals surface area contributed by atoms with Crippen LogP contribution in [0.4, 0.5) is 0 Å². The average Bonchev–Trinajstić information content (AvgIpc) is 2.46. The number of hydrogen-bond donors (Lipinski definition) is 1. The van der Waals surface area contributed by atoms with Gasteiger partial charge in [0, 0.05) is 32.2 Å². The molecule has 1 aliphatic heterocycles. The first-order valence-corrected chi connectivity index (χ1v) is 7.93. The van der Waals surface area contributed by atoms with E-state index in [1.54, 1.807) is 0 Å². The average molecular weight is 254 g/mol. The van der Waals surface area contributed by atoms with E-state index >= 15 is 0 Å². The zero-order chi connectivity index (χ0) is 12.6. The van der Waals surface area contributed by atoms with Gasteiger partial charge in [0.25, 0.3) is 0 Å². The van der Waals surface area contributed by atoms with Gasteiger partial charge >= 0.3 is 0 Å². The molecule has 0 spiro atoms. The topological polar surface area (TPSA) is 24.5 Å². The second-order valence-corrected chi connectivity index (χ2v) is 5.82. The van der Waals surface area contributed by atoms with Crippen molar-refractivity contribution in [3.05, 3.63) is 0 Å². The van der Waals surface area contributed by atoms with E-state index in [-0.39, 0.29) is 0 Å². The SMILES string of the molecule is CCC(NCCN1CCOCC1)C1CCCCC1. The molecule has 1 N–H and O–H groups in total. The summed E-state index contributed by atoms with van der Waals surface area (Å²) in [6.07, 6.45) is 8.54. The number of morpholine rings is 1. The lowest BCUT2D eigenvalue weighted by atomic mass is 9.83. The van der Waals surface area contributed by atoms with Crippen LogP contribution >= 0.6 is 0 Å². The maximum Gasteiger partial charge on any atom is 0.0594 e. The Bertz CT molecular complexity index is 211. The minimum Gasteiger partial charge on any atom is -0.379 e. The highest BCUT2D eigenvalue weighted by atomic mass is 16.5. The molecule has 1 unspecified atom stereocenters. The molecule has 3 nitrogen and oxygen atoms in total. The fraction of sp³-hybridized carbons (Fsp3) is 1.00. The third-order valence-electron chi connectivity index (χ3n) is 4.60. The Morgan fingerprint density at radius 2 is 1.89 bits per heavy atom. The quantitative estimate of drug-likeness (QED) is 0.787. The van der Waals surface area contributed by atoms with Gasteiger partial charge < -0.3 is 10.1 Å². The lowest BCUT2D eigenvalue weighted by molar-refractivity contribution is 0.0377.